The van der Waals surface area contributed by atoms with Crippen molar-refractivity contribution in [3.63, 3.8) is 0 Å². The summed E-state index contributed by atoms with van der Waals surface area (Å²) in [5.41, 5.74) is -0.817. The van der Waals surface area contributed by atoms with E-state index < -0.39 is 11.9 Å². The highest BCUT2D eigenvalue weighted by molar-refractivity contribution is 5.02. The smallest absolute Gasteiger partial charge is 0.320 e. The number of hydrogen-bond acceptors (Lipinski definition) is 2. The number of unbranched alkanes of at least 4 members (excludes halogenated alkanes) is 2. The predicted octanol–water partition coefficient (Wildman–Crippen LogP) is 2.29. The largest absolute Gasteiger partial charge is 0.435 e. The van der Waals surface area contributed by atoms with Crippen LogP contribution in [0.25, 0.3) is 0 Å². The van der Waals surface area contributed by atoms with Gasteiger partial charge in [0.15, 0.2) is 5.69 Å². The summed E-state index contributed by atoms with van der Waals surface area (Å²) in [6.07, 6.45) is -0.0924. The van der Waals surface area contributed by atoms with Crippen molar-refractivity contribution in [2.45, 2.75) is 32.0 Å². The number of nitrogens with zero attached hydrogens (tertiary/aromatic N) is 2. The third-order valence-corrected chi connectivity index (χ3v) is 2.25. The van der Waals surface area contributed by atoms with Gasteiger partial charge < -0.3 is 5.32 Å². The van der Waals surface area contributed by atoms with Crippen LogP contribution in [0.1, 0.15) is 25.0 Å². The standard InChI is InChI=1S/C10H16F3N3/c1-14-6-3-2-4-7-16-8-5-9(15-16)10(11,12)13/h5,8,14H,2-4,6-7H2,1H3. The van der Waals surface area contributed by atoms with Crippen LogP contribution in [0, 0.1) is 0 Å². The molecular formula is C10H16F3N3. The van der Waals surface area contributed by atoms with E-state index in [1.807, 2.05) is 7.05 Å². The van der Waals surface area contributed by atoms with Gasteiger partial charge in [0.05, 0.1) is 0 Å². The molecule has 0 aliphatic rings. The highest BCUT2D eigenvalue weighted by Gasteiger charge is 2.33. The molecule has 0 atom stereocenters. The molecule has 0 radical (unpaired) electrons. The number of aryl methyl sites for hydroxylation is 1. The van der Waals surface area contributed by atoms with E-state index in [-0.39, 0.29) is 0 Å². The van der Waals surface area contributed by atoms with Gasteiger partial charge in [0.1, 0.15) is 0 Å². The molecule has 1 aromatic rings. The summed E-state index contributed by atoms with van der Waals surface area (Å²) in [6, 6.07) is 1.01. The number of alkyl halides is 3. The zero-order valence-electron chi connectivity index (χ0n) is 9.22. The van der Waals surface area contributed by atoms with Crippen LogP contribution in [0.2, 0.25) is 0 Å². The van der Waals surface area contributed by atoms with Crippen LogP contribution in [0.5, 0.6) is 0 Å². The number of hydrogen-bond donors (Lipinski definition) is 1. The Morgan fingerprint density at radius 3 is 2.62 bits per heavy atom. The first-order valence-corrected chi connectivity index (χ1v) is 5.29. The molecule has 0 bridgehead atoms. The van der Waals surface area contributed by atoms with Crippen molar-refractivity contribution in [2.24, 2.45) is 0 Å². The molecule has 0 saturated heterocycles. The van der Waals surface area contributed by atoms with Crippen LogP contribution in [0.4, 0.5) is 13.2 Å². The highest BCUT2D eigenvalue weighted by Crippen LogP contribution is 2.27. The molecule has 92 valence electrons. The summed E-state index contributed by atoms with van der Waals surface area (Å²) < 4.78 is 38.0. The average Bonchev–Trinajstić information content (AvgIpc) is 2.65. The minimum absolute atomic E-state index is 0.541. The first kappa shape index (κ1) is 13.0. The Labute approximate surface area is 92.6 Å². The third-order valence-electron chi connectivity index (χ3n) is 2.25. The van der Waals surface area contributed by atoms with Gasteiger partial charge in [0, 0.05) is 12.7 Å². The van der Waals surface area contributed by atoms with Gasteiger partial charge in [-0.1, -0.05) is 6.42 Å². The summed E-state index contributed by atoms with van der Waals surface area (Å²) in [4.78, 5) is 0. The van der Waals surface area contributed by atoms with E-state index in [9.17, 15) is 13.2 Å². The Kier molecular flexibility index (Phi) is 4.79. The summed E-state index contributed by atoms with van der Waals surface area (Å²) in [5, 5.41) is 6.49. The second-order valence-electron chi connectivity index (χ2n) is 3.63. The van der Waals surface area contributed by atoms with Crippen molar-refractivity contribution >= 4 is 0 Å². The van der Waals surface area contributed by atoms with Crippen molar-refractivity contribution in [2.75, 3.05) is 13.6 Å². The fourth-order valence-electron chi connectivity index (χ4n) is 1.39. The molecule has 0 fully saturated rings. The molecule has 3 nitrogen and oxygen atoms in total. The molecule has 1 rings (SSSR count). The van der Waals surface area contributed by atoms with E-state index in [1.165, 1.54) is 10.9 Å². The van der Waals surface area contributed by atoms with Gasteiger partial charge >= 0.3 is 6.18 Å². The summed E-state index contributed by atoms with van der Waals surface area (Å²) in [7, 11) is 1.88. The summed E-state index contributed by atoms with van der Waals surface area (Å²) in [5.74, 6) is 0. The van der Waals surface area contributed by atoms with E-state index in [0.717, 1.165) is 31.9 Å². The fourth-order valence-corrected chi connectivity index (χ4v) is 1.39. The SMILES string of the molecule is CNCCCCCn1ccc(C(F)(F)F)n1. The van der Waals surface area contributed by atoms with Gasteiger partial charge in [-0.15, -0.1) is 0 Å². The lowest BCUT2D eigenvalue weighted by molar-refractivity contribution is -0.141. The van der Waals surface area contributed by atoms with E-state index in [2.05, 4.69) is 10.4 Å². The first-order chi connectivity index (χ1) is 7.54. The second-order valence-corrected chi connectivity index (χ2v) is 3.63. The normalized spacial score (nSPS) is 12.0. The molecule has 0 spiro atoms. The molecule has 0 unspecified atom stereocenters. The van der Waals surface area contributed by atoms with E-state index in [1.54, 1.807) is 0 Å². The molecule has 0 amide bonds. The van der Waals surface area contributed by atoms with Gasteiger partial charge in [0.2, 0.25) is 0 Å². The maximum absolute atomic E-state index is 12.2. The molecule has 0 aliphatic carbocycles. The van der Waals surface area contributed by atoms with Crippen LogP contribution in [-0.2, 0) is 12.7 Å². The Morgan fingerprint density at radius 1 is 1.31 bits per heavy atom. The molecule has 1 N–H and O–H groups in total. The van der Waals surface area contributed by atoms with Gasteiger partial charge in [-0.25, -0.2) is 0 Å². The lowest BCUT2D eigenvalue weighted by atomic mass is 10.2. The van der Waals surface area contributed by atoms with Crippen molar-refractivity contribution in [1.29, 1.82) is 0 Å². The van der Waals surface area contributed by atoms with Crippen LogP contribution in [-0.4, -0.2) is 23.4 Å². The number of nitrogens with one attached hydrogen (secondary N) is 1. The zero-order chi connectivity index (χ0) is 12.0. The molecule has 0 saturated carbocycles. The van der Waals surface area contributed by atoms with E-state index >= 15 is 0 Å². The Morgan fingerprint density at radius 2 is 2.06 bits per heavy atom. The van der Waals surface area contributed by atoms with Gasteiger partial charge in [0.25, 0.3) is 0 Å². The van der Waals surface area contributed by atoms with Crippen molar-refractivity contribution in [3.05, 3.63) is 18.0 Å². The molecule has 0 aliphatic heterocycles. The molecule has 1 aromatic heterocycles. The zero-order valence-corrected chi connectivity index (χ0v) is 9.22. The lowest BCUT2D eigenvalue weighted by Crippen LogP contribution is -2.09. The monoisotopic (exact) mass is 235 g/mol. The summed E-state index contributed by atoms with van der Waals surface area (Å²) >= 11 is 0. The van der Waals surface area contributed by atoms with Crippen LogP contribution in [0.15, 0.2) is 12.3 Å². The minimum Gasteiger partial charge on any atom is -0.320 e. The maximum atomic E-state index is 12.2. The maximum Gasteiger partial charge on any atom is 0.435 e. The predicted molar refractivity (Wildman–Crippen MR) is 55.0 cm³/mol. The van der Waals surface area contributed by atoms with Crippen molar-refractivity contribution in [1.82, 2.24) is 15.1 Å². The average molecular weight is 235 g/mol. The van der Waals surface area contributed by atoms with Crippen LogP contribution in [0.3, 0.4) is 0 Å². The molecule has 1 heterocycles. The van der Waals surface area contributed by atoms with Crippen molar-refractivity contribution in [3.8, 4) is 0 Å². The fraction of sp³-hybridized carbons (Fsp3) is 0.700. The van der Waals surface area contributed by atoms with Gasteiger partial charge in [-0.05, 0) is 32.5 Å². The topological polar surface area (TPSA) is 29.9 Å². The van der Waals surface area contributed by atoms with E-state index in [0.29, 0.717) is 6.54 Å². The molecular weight excluding hydrogens is 219 g/mol. The van der Waals surface area contributed by atoms with E-state index in [4.69, 9.17) is 0 Å². The molecule has 6 heteroatoms. The summed E-state index contributed by atoms with van der Waals surface area (Å²) in [6.45, 7) is 1.48. The molecule has 16 heavy (non-hydrogen) atoms. The number of halogens is 3. The Balaban J connectivity index is 2.30. The minimum atomic E-state index is -4.34. The number of rotatable bonds is 6. The second kappa shape index (κ2) is 5.89. The Bertz CT molecular complexity index is 307. The van der Waals surface area contributed by atoms with Crippen LogP contribution < -0.4 is 5.32 Å². The first-order valence-electron chi connectivity index (χ1n) is 5.29. The lowest BCUT2D eigenvalue weighted by Gasteiger charge is -2.03. The van der Waals surface area contributed by atoms with Gasteiger partial charge in [-0.3, -0.25) is 4.68 Å². The van der Waals surface area contributed by atoms with Crippen LogP contribution >= 0.6 is 0 Å². The quantitative estimate of drug-likeness (QED) is 0.767. The molecule has 0 aromatic carbocycles. The number of aromatic nitrogens is 2. The highest BCUT2D eigenvalue weighted by atomic mass is 19.4. The third kappa shape index (κ3) is 4.22. The Hall–Kier alpha value is -1.04. The van der Waals surface area contributed by atoms with Crippen molar-refractivity contribution < 1.29 is 13.2 Å². The van der Waals surface area contributed by atoms with Gasteiger partial charge in [-0.2, -0.15) is 18.3 Å².